The van der Waals surface area contributed by atoms with E-state index in [1.807, 2.05) is 18.3 Å². The van der Waals surface area contributed by atoms with E-state index in [1.54, 1.807) is 0 Å². The highest BCUT2D eigenvalue weighted by Crippen LogP contribution is 2.22. The van der Waals surface area contributed by atoms with Gasteiger partial charge in [0.05, 0.1) is 5.52 Å². The summed E-state index contributed by atoms with van der Waals surface area (Å²) in [5.41, 5.74) is 2.36. The van der Waals surface area contributed by atoms with Crippen molar-refractivity contribution in [3.05, 3.63) is 40.5 Å². The molecular weight excluding hydrogens is 252 g/mol. The molecule has 2 aromatic rings. The van der Waals surface area contributed by atoms with Gasteiger partial charge < -0.3 is 4.90 Å². The fraction of sp³-hybridized carbons (Fsp3) is 0.250. The van der Waals surface area contributed by atoms with Gasteiger partial charge in [-0.25, -0.2) is 0 Å². The second-order valence-electron chi connectivity index (χ2n) is 3.87. The quantitative estimate of drug-likeness (QED) is 0.829. The highest BCUT2D eigenvalue weighted by molar-refractivity contribution is 9.10. The highest BCUT2D eigenvalue weighted by Gasteiger charge is 2.03. The Kier molecular flexibility index (Phi) is 3.03. The molecule has 3 heteroatoms. The fourth-order valence-corrected chi connectivity index (χ4v) is 2.02. The molecule has 0 spiro atoms. The Labute approximate surface area is 98.1 Å². The van der Waals surface area contributed by atoms with Crippen LogP contribution < -0.4 is 0 Å². The van der Waals surface area contributed by atoms with Crippen LogP contribution >= 0.6 is 15.9 Å². The van der Waals surface area contributed by atoms with Gasteiger partial charge in [0.15, 0.2) is 0 Å². The van der Waals surface area contributed by atoms with Gasteiger partial charge in [0.2, 0.25) is 0 Å². The van der Waals surface area contributed by atoms with Crippen molar-refractivity contribution < 1.29 is 0 Å². The van der Waals surface area contributed by atoms with Crippen molar-refractivity contribution in [3.8, 4) is 0 Å². The van der Waals surface area contributed by atoms with E-state index in [4.69, 9.17) is 0 Å². The molecular formula is C12H13BrN2. The van der Waals surface area contributed by atoms with E-state index < -0.39 is 0 Å². The topological polar surface area (TPSA) is 16.1 Å². The number of benzene rings is 1. The molecule has 15 heavy (non-hydrogen) atoms. The first-order valence-electron chi connectivity index (χ1n) is 4.85. The first-order valence-corrected chi connectivity index (χ1v) is 5.64. The van der Waals surface area contributed by atoms with Crippen molar-refractivity contribution in [3.63, 3.8) is 0 Å². The fourth-order valence-electron chi connectivity index (χ4n) is 1.65. The molecule has 0 aliphatic carbocycles. The van der Waals surface area contributed by atoms with Crippen molar-refractivity contribution in [2.24, 2.45) is 0 Å². The van der Waals surface area contributed by atoms with Gasteiger partial charge in [-0.3, -0.25) is 4.98 Å². The summed E-state index contributed by atoms with van der Waals surface area (Å²) in [6, 6.07) is 8.27. The van der Waals surface area contributed by atoms with Crippen molar-refractivity contribution in [1.29, 1.82) is 0 Å². The Morgan fingerprint density at radius 3 is 2.80 bits per heavy atom. The van der Waals surface area contributed by atoms with Crippen LogP contribution in [0.5, 0.6) is 0 Å². The van der Waals surface area contributed by atoms with Crippen LogP contribution in [-0.4, -0.2) is 24.0 Å². The molecule has 2 rings (SSSR count). The Morgan fingerprint density at radius 1 is 1.27 bits per heavy atom. The van der Waals surface area contributed by atoms with Crippen molar-refractivity contribution >= 4 is 26.8 Å². The van der Waals surface area contributed by atoms with Crippen molar-refractivity contribution in [2.45, 2.75) is 6.54 Å². The van der Waals surface area contributed by atoms with E-state index in [0.717, 1.165) is 16.5 Å². The van der Waals surface area contributed by atoms with Gasteiger partial charge in [-0.1, -0.05) is 15.9 Å². The maximum Gasteiger partial charge on any atom is 0.0706 e. The second-order valence-corrected chi connectivity index (χ2v) is 4.79. The van der Waals surface area contributed by atoms with Crippen molar-refractivity contribution in [1.82, 2.24) is 9.88 Å². The zero-order valence-corrected chi connectivity index (χ0v) is 10.5. The molecule has 0 fully saturated rings. The van der Waals surface area contributed by atoms with Crippen LogP contribution in [0.15, 0.2) is 34.9 Å². The molecule has 2 nitrogen and oxygen atoms in total. The number of nitrogens with zero attached hydrogens (tertiary/aromatic N) is 2. The minimum Gasteiger partial charge on any atom is -0.305 e. The Morgan fingerprint density at radius 2 is 2.07 bits per heavy atom. The lowest BCUT2D eigenvalue weighted by atomic mass is 10.1. The van der Waals surface area contributed by atoms with Gasteiger partial charge in [0.1, 0.15) is 0 Å². The maximum atomic E-state index is 4.35. The lowest BCUT2D eigenvalue weighted by Gasteiger charge is -2.11. The van der Waals surface area contributed by atoms with Gasteiger partial charge in [0, 0.05) is 22.6 Å². The molecule has 1 aromatic heterocycles. The first kappa shape index (κ1) is 10.6. The molecule has 1 aromatic carbocycles. The van der Waals surface area contributed by atoms with Crippen LogP contribution in [0.2, 0.25) is 0 Å². The summed E-state index contributed by atoms with van der Waals surface area (Å²) < 4.78 is 1.10. The average molecular weight is 265 g/mol. The molecule has 0 aliphatic rings. The average Bonchev–Trinajstić information content (AvgIpc) is 2.18. The Bertz CT molecular complexity index is 480. The van der Waals surface area contributed by atoms with E-state index in [2.05, 4.69) is 52.0 Å². The van der Waals surface area contributed by atoms with Gasteiger partial charge >= 0.3 is 0 Å². The van der Waals surface area contributed by atoms with Gasteiger partial charge in [-0.2, -0.15) is 0 Å². The molecule has 0 saturated heterocycles. The molecule has 0 N–H and O–H groups in total. The predicted octanol–water partition coefficient (Wildman–Crippen LogP) is 3.06. The number of fused-ring (bicyclic) bond motifs is 1. The molecule has 0 atom stereocenters. The summed E-state index contributed by atoms with van der Waals surface area (Å²) in [7, 11) is 4.15. The van der Waals surface area contributed by atoms with Crippen LogP contribution in [0.3, 0.4) is 0 Å². The minimum absolute atomic E-state index is 0.940. The third-order valence-electron chi connectivity index (χ3n) is 2.28. The van der Waals surface area contributed by atoms with E-state index in [0.29, 0.717) is 0 Å². The van der Waals surface area contributed by atoms with Gasteiger partial charge in [-0.05, 0) is 43.9 Å². The van der Waals surface area contributed by atoms with Crippen LogP contribution in [0, 0.1) is 0 Å². The van der Waals surface area contributed by atoms with Crippen LogP contribution in [0.4, 0.5) is 0 Å². The van der Waals surface area contributed by atoms with Crippen LogP contribution in [-0.2, 0) is 6.54 Å². The standard InChI is InChI=1S/C12H13BrN2/c1-15(2)8-9-5-6-14-12-4-3-10(13)7-11(9)12/h3-7H,8H2,1-2H3. The third-order valence-corrected chi connectivity index (χ3v) is 2.77. The number of rotatable bonds is 2. The van der Waals surface area contributed by atoms with Gasteiger partial charge in [0.25, 0.3) is 0 Å². The number of hydrogen-bond acceptors (Lipinski definition) is 2. The van der Waals surface area contributed by atoms with Crippen LogP contribution in [0.1, 0.15) is 5.56 Å². The molecule has 0 radical (unpaired) electrons. The van der Waals surface area contributed by atoms with E-state index >= 15 is 0 Å². The molecule has 0 aliphatic heterocycles. The lowest BCUT2D eigenvalue weighted by molar-refractivity contribution is 0.404. The number of hydrogen-bond donors (Lipinski definition) is 0. The summed E-state index contributed by atoms with van der Waals surface area (Å²) in [6.45, 7) is 0.940. The second kappa shape index (κ2) is 4.29. The predicted molar refractivity (Wildman–Crippen MR) is 66.8 cm³/mol. The monoisotopic (exact) mass is 264 g/mol. The molecule has 0 unspecified atom stereocenters. The third kappa shape index (κ3) is 2.36. The van der Waals surface area contributed by atoms with E-state index in [1.165, 1.54) is 10.9 Å². The van der Waals surface area contributed by atoms with Crippen molar-refractivity contribution in [2.75, 3.05) is 14.1 Å². The molecule has 78 valence electrons. The van der Waals surface area contributed by atoms with Gasteiger partial charge in [-0.15, -0.1) is 0 Å². The number of aromatic nitrogens is 1. The first-order chi connectivity index (χ1) is 7.16. The Balaban J connectivity index is 2.58. The number of pyridine rings is 1. The zero-order chi connectivity index (χ0) is 10.8. The lowest BCUT2D eigenvalue weighted by Crippen LogP contribution is -2.11. The summed E-state index contributed by atoms with van der Waals surface area (Å²) in [5, 5.41) is 1.22. The number of halogens is 1. The minimum atomic E-state index is 0.940. The summed E-state index contributed by atoms with van der Waals surface area (Å²) in [4.78, 5) is 6.51. The molecule has 0 amide bonds. The SMILES string of the molecule is CN(C)Cc1ccnc2ccc(Br)cc12. The summed E-state index contributed by atoms with van der Waals surface area (Å²) in [5.74, 6) is 0. The largest absolute Gasteiger partial charge is 0.305 e. The normalized spacial score (nSPS) is 11.2. The summed E-state index contributed by atoms with van der Waals surface area (Å²) >= 11 is 3.49. The summed E-state index contributed by atoms with van der Waals surface area (Å²) in [6.07, 6.45) is 1.87. The highest BCUT2D eigenvalue weighted by atomic mass is 79.9. The Hall–Kier alpha value is -0.930. The molecule has 1 heterocycles. The smallest absolute Gasteiger partial charge is 0.0706 e. The van der Waals surface area contributed by atoms with E-state index in [-0.39, 0.29) is 0 Å². The zero-order valence-electron chi connectivity index (χ0n) is 8.87. The maximum absolute atomic E-state index is 4.35. The van der Waals surface area contributed by atoms with E-state index in [9.17, 15) is 0 Å². The molecule has 0 bridgehead atoms. The molecule has 0 saturated carbocycles. The van der Waals surface area contributed by atoms with Crippen LogP contribution in [0.25, 0.3) is 10.9 Å².